The maximum Gasteiger partial charge on any atom is 0.198 e. The summed E-state index contributed by atoms with van der Waals surface area (Å²) >= 11 is 0. The van der Waals surface area contributed by atoms with Gasteiger partial charge in [-0.1, -0.05) is 102 Å². The maximum absolute atomic E-state index is 7.55. The van der Waals surface area contributed by atoms with Crippen molar-refractivity contribution in [1.29, 1.82) is 0 Å². The third-order valence-corrected chi connectivity index (χ3v) is 17.7. The number of hydrogen-bond acceptors (Lipinski definition) is 1. The molecule has 0 aromatic rings. The van der Waals surface area contributed by atoms with Crippen LogP contribution in [0.25, 0.3) is 0 Å². The first-order valence-corrected chi connectivity index (χ1v) is 16.5. The van der Waals surface area contributed by atoms with Crippen LogP contribution < -0.4 is 0 Å². The van der Waals surface area contributed by atoms with Gasteiger partial charge in [-0.05, 0) is 29.7 Å². The Bertz CT molecular complexity index is 370. The fourth-order valence-corrected chi connectivity index (χ4v) is 18.3. The van der Waals surface area contributed by atoms with Crippen molar-refractivity contribution in [3.63, 3.8) is 0 Å². The van der Waals surface area contributed by atoms with Gasteiger partial charge in [-0.3, -0.25) is 0 Å². The molecule has 0 aromatic heterocycles. The van der Waals surface area contributed by atoms with Gasteiger partial charge < -0.3 is 4.12 Å². The molecule has 25 heavy (non-hydrogen) atoms. The Morgan fingerprint density at radius 2 is 0.960 bits per heavy atom. The van der Waals surface area contributed by atoms with Crippen LogP contribution in [-0.4, -0.2) is 16.6 Å². The Morgan fingerprint density at radius 3 is 1.24 bits per heavy atom. The summed E-state index contributed by atoms with van der Waals surface area (Å²) in [5.74, 6) is 0. The molecule has 0 atom stereocenters. The second-order valence-electron chi connectivity index (χ2n) is 9.77. The molecule has 3 rings (SSSR count). The van der Waals surface area contributed by atoms with Crippen LogP contribution in [-0.2, 0) is 4.12 Å². The van der Waals surface area contributed by atoms with E-state index in [2.05, 4.69) is 25.4 Å². The van der Waals surface area contributed by atoms with E-state index in [1.54, 1.807) is 0 Å². The lowest BCUT2D eigenvalue weighted by molar-refractivity contribution is 0.343. The molecule has 144 valence electrons. The van der Waals surface area contributed by atoms with Gasteiger partial charge in [0.2, 0.25) is 0 Å². The van der Waals surface area contributed by atoms with Gasteiger partial charge in [0.05, 0.1) is 0 Å². The monoisotopic (exact) mass is 378 g/mol. The third-order valence-electron chi connectivity index (χ3n) is 7.66. The van der Waals surface area contributed by atoms with Crippen molar-refractivity contribution in [1.82, 2.24) is 0 Å². The van der Waals surface area contributed by atoms with Gasteiger partial charge in [0, 0.05) is 0 Å². The molecule has 3 saturated carbocycles. The van der Waals surface area contributed by atoms with Crippen LogP contribution in [0.4, 0.5) is 0 Å². The molecule has 3 fully saturated rings. The minimum Gasteiger partial charge on any atom is -0.452 e. The molecule has 0 saturated heterocycles. The number of hydrogen-bond donors (Lipinski definition) is 0. The Morgan fingerprint density at radius 1 is 0.640 bits per heavy atom. The quantitative estimate of drug-likeness (QED) is 0.427. The van der Waals surface area contributed by atoms with E-state index in [9.17, 15) is 0 Å². The predicted molar refractivity (Wildman–Crippen MR) is 115 cm³/mol. The highest BCUT2D eigenvalue weighted by Crippen LogP contribution is 2.58. The average Bonchev–Trinajstić information content (AvgIpc) is 2.68. The number of rotatable bonds is 6. The highest BCUT2D eigenvalue weighted by Gasteiger charge is 2.56. The summed E-state index contributed by atoms with van der Waals surface area (Å²) in [6, 6.07) is 0. The van der Waals surface area contributed by atoms with E-state index in [0.717, 1.165) is 16.6 Å². The van der Waals surface area contributed by atoms with Gasteiger partial charge in [-0.25, -0.2) is 0 Å². The molecule has 0 heterocycles. The molecule has 0 radical (unpaired) electrons. The van der Waals surface area contributed by atoms with Crippen molar-refractivity contribution < 1.29 is 4.12 Å². The zero-order chi connectivity index (χ0) is 17.8. The molecule has 0 N–H and O–H groups in total. The minimum absolute atomic E-state index is 0.958. The molecular formula is C22H42OSi2. The third kappa shape index (κ3) is 4.52. The van der Waals surface area contributed by atoms with Crippen molar-refractivity contribution in [3.05, 3.63) is 12.3 Å². The Labute approximate surface area is 159 Å². The van der Waals surface area contributed by atoms with E-state index in [1.165, 1.54) is 96.3 Å². The molecule has 0 spiro atoms. The van der Waals surface area contributed by atoms with Gasteiger partial charge in [0.1, 0.15) is 0 Å². The smallest absolute Gasteiger partial charge is 0.198 e. The summed E-state index contributed by atoms with van der Waals surface area (Å²) in [5.41, 5.74) is 5.11. The van der Waals surface area contributed by atoms with Crippen LogP contribution in [0.5, 0.6) is 0 Å². The Balaban J connectivity index is 1.98. The van der Waals surface area contributed by atoms with Gasteiger partial charge in [-0.2, -0.15) is 0 Å². The van der Waals surface area contributed by atoms with E-state index >= 15 is 0 Å². The highest BCUT2D eigenvalue weighted by atomic mass is 28.4. The van der Waals surface area contributed by atoms with Gasteiger partial charge in [0.25, 0.3) is 0 Å². The van der Waals surface area contributed by atoms with Crippen LogP contribution in [0.2, 0.25) is 29.7 Å². The summed E-state index contributed by atoms with van der Waals surface area (Å²) in [6.45, 7) is 9.06. The molecule has 0 aliphatic heterocycles. The van der Waals surface area contributed by atoms with Crippen molar-refractivity contribution in [3.8, 4) is 0 Å². The van der Waals surface area contributed by atoms with Crippen molar-refractivity contribution in [2.24, 2.45) is 0 Å². The first-order chi connectivity index (χ1) is 12.1. The molecule has 0 amide bonds. The van der Waals surface area contributed by atoms with E-state index in [-0.39, 0.29) is 0 Å². The molecule has 3 aliphatic carbocycles. The average molecular weight is 379 g/mol. The summed E-state index contributed by atoms with van der Waals surface area (Å²) in [6.07, 6.45) is 22.2. The molecule has 0 aromatic carbocycles. The SMILES string of the molecule is C=C[Si](C)(C)O[Si](C1CCCCC1)(C1CCCCC1)C1CCCCC1. The van der Waals surface area contributed by atoms with Crippen molar-refractivity contribution in [2.45, 2.75) is 126 Å². The van der Waals surface area contributed by atoms with Gasteiger partial charge in [0.15, 0.2) is 16.6 Å². The standard InChI is InChI=1S/C22H42OSi2/c1-4-24(2,3)23-25(20-14-8-5-9-15-20,21-16-10-6-11-17-21)22-18-12-7-13-19-22/h4,20-22H,1,5-19H2,2-3H3. The zero-order valence-corrected chi connectivity index (χ0v) is 19.0. The molecule has 1 nitrogen and oxygen atoms in total. The lowest BCUT2D eigenvalue weighted by atomic mass is 9.98. The summed E-state index contributed by atoms with van der Waals surface area (Å²) in [7, 11) is -3.50. The second kappa shape index (κ2) is 8.88. The fourth-order valence-electron chi connectivity index (χ4n) is 6.41. The van der Waals surface area contributed by atoms with Crippen molar-refractivity contribution in [2.75, 3.05) is 0 Å². The normalized spacial score (nSPS) is 25.8. The summed E-state index contributed by atoms with van der Waals surface area (Å²) in [4.78, 5) is 0. The van der Waals surface area contributed by atoms with E-state index in [4.69, 9.17) is 4.12 Å². The molecule has 0 unspecified atom stereocenters. The van der Waals surface area contributed by atoms with E-state index < -0.39 is 16.6 Å². The van der Waals surface area contributed by atoms with E-state index in [0.29, 0.717) is 0 Å². The fraction of sp³-hybridized carbons (Fsp3) is 0.909. The molecular weight excluding hydrogens is 336 g/mol. The van der Waals surface area contributed by atoms with Gasteiger partial charge in [-0.15, -0.1) is 6.58 Å². The first kappa shape index (κ1) is 19.9. The van der Waals surface area contributed by atoms with Gasteiger partial charge >= 0.3 is 0 Å². The zero-order valence-electron chi connectivity index (χ0n) is 17.0. The first-order valence-electron chi connectivity index (χ1n) is 11.4. The van der Waals surface area contributed by atoms with E-state index in [1.807, 2.05) is 0 Å². The predicted octanol–water partition coefficient (Wildman–Crippen LogP) is 7.88. The van der Waals surface area contributed by atoms with Crippen LogP contribution in [0, 0.1) is 0 Å². The molecule has 0 bridgehead atoms. The minimum atomic E-state index is -1.76. The molecule has 3 aliphatic rings. The van der Waals surface area contributed by atoms with Crippen LogP contribution in [0.1, 0.15) is 96.3 Å². The van der Waals surface area contributed by atoms with Crippen LogP contribution >= 0.6 is 0 Å². The topological polar surface area (TPSA) is 9.23 Å². The lowest BCUT2D eigenvalue weighted by Gasteiger charge is -2.54. The Kier molecular flexibility index (Phi) is 7.06. The van der Waals surface area contributed by atoms with Crippen molar-refractivity contribution >= 4 is 16.6 Å². The second-order valence-corrected chi connectivity index (χ2v) is 18.4. The van der Waals surface area contributed by atoms with Crippen LogP contribution in [0.15, 0.2) is 12.3 Å². The maximum atomic E-state index is 7.55. The highest BCUT2D eigenvalue weighted by molar-refractivity contribution is 6.90. The lowest BCUT2D eigenvalue weighted by Crippen LogP contribution is -2.58. The molecule has 3 heteroatoms. The largest absolute Gasteiger partial charge is 0.452 e. The summed E-state index contributed by atoms with van der Waals surface area (Å²) < 4.78 is 7.55. The Hall–Kier alpha value is 0.134. The van der Waals surface area contributed by atoms with Crippen LogP contribution in [0.3, 0.4) is 0 Å². The summed E-state index contributed by atoms with van der Waals surface area (Å²) in [5, 5.41) is 0.